The van der Waals surface area contributed by atoms with Crippen molar-refractivity contribution in [2.45, 2.75) is 6.18 Å². The summed E-state index contributed by atoms with van der Waals surface area (Å²) >= 11 is 0.153. The number of benzene rings is 1. The molecule has 0 aliphatic carbocycles. The first kappa shape index (κ1) is 16.1. The summed E-state index contributed by atoms with van der Waals surface area (Å²) in [6.07, 6.45) is -4.39. The van der Waals surface area contributed by atoms with Gasteiger partial charge >= 0.3 is 6.18 Å². The zero-order chi connectivity index (χ0) is 16.2. The summed E-state index contributed by atoms with van der Waals surface area (Å²) < 4.78 is 36.0. The Kier molecular flexibility index (Phi) is 4.86. The maximum Gasteiger partial charge on any atom is 0.398 e. The van der Waals surface area contributed by atoms with E-state index in [-0.39, 0.29) is 17.3 Å². The summed E-state index contributed by atoms with van der Waals surface area (Å²) in [5.41, 5.74) is 1.27. The van der Waals surface area contributed by atoms with E-state index < -0.39 is 17.2 Å². The molecule has 2 rings (SSSR count). The van der Waals surface area contributed by atoms with Gasteiger partial charge in [0, 0.05) is 17.3 Å². The minimum absolute atomic E-state index is 0.153. The lowest BCUT2D eigenvalue weighted by Gasteiger charge is -2.07. The van der Waals surface area contributed by atoms with Gasteiger partial charge in [-0.15, -0.1) is 0 Å². The smallest absolute Gasteiger partial charge is 0.317 e. The van der Waals surface area contributed by atoms with Gasteiger partial charge in [-0.25, -0.2) is 5.10 Å². The van der Waals surface area contributed by atoms with Gasteiger partial charge in [0.1, 0.15) is 0 Å². The van der Waals surface area contributed by atoms with E-state index >= 15 is 0 Å². The fourth-order valence-corrected chi connectivity index (χ4v) is 2.02. The number of aromatic nitrogens is 2. The van der Waals surface area contributed by atoms with Gasteiger partial charge in [-0.1, -0.05) is 23.9 Å². The van der Waals surface area contributed by atoms with Crippen LogP contribution < -0.4 is 10.9 Å². The summed E-state index contributed by atoms with van der Waals surface area (Å²) in [7, 11) is 0. The second kappa shape index (κ2) is 6.65. The van der Waals surface area contributed by atoms with Crippen LogP contribution >= 0.6 is 11.8 Å². The highest BCUT2D eigenvalue weighted by Crippen LogP contribution is 2.23. The van der Waals surface area contributed by atoms with Gasteiger partial charge in [0.05, 0.1) is 11.4 Å². The third kappa shape index (κ3) is 4.92. The Balaban J connectivity index is 1.98. The van der Waals surface area contributed by atoms with Crippen molar-refractivity contribution in [2.75, 3.05) is 11.1 Å². The van der Waals surface area contributed by atoms with Crippen molar-refractivity contribution in [3.63, 3.8) is 0 Å². The summed E-state index contributed by atoms with van der Waals surface area (Å²) in [4.78, 5) is 22.3. The molecule has 1 aromatic heterocycles. The Morgan fingerprint density at radius 1 is 1.18 bits per heavy atom. The highest BCUT2D eigenvalue weighted by molar-refractivity contribution is 8.13. The molecule has 1 heterocycles. The van der Waals surface area contributed by atoms with Crippen LogP contribution in [0.5, 0.6) is 0 Å². The molecule has 22 heavy (non-hydrogen) atoms. The number of carbonyl (C=O) groups excluding carboxylic acids is 1. The van der Waals surface area contributed by atoms with Crippen molar-refractivity contribution in [1.29, 1.82) is 0 Å². The third-order valence-electron chi connectivity index (χ3n) is 2.47. The molecule has 0 bridgehead atoms. The predicted molar refractivity (Wildman–Crippen MR) is 77.8 cm³/mol. The standard InChI is InChI=1S/C13H10F3N3O2S/c14-13(15,16)7-22-12(21)17-9-3-1-8(2-4-9)10-5-6-11(20)19-18-10/h1-6H,7H2,(H,17,21)(H,19,20). The van der Waals surface area contributed by atoms with E-state index in [2.05, 4.69) is 15.5 Å². The molecule has 0 aliphatic rings. The zero-order valence-electron chi connectivity index (χ0n) is 11.0. The molecule has 0 spiro atoms. The van der Waals surface area contributed by atoms with Crippen molar-refractivity contribution >= 4 is 22.7 Å². The van der Waals surface area contributed by atoms with Crippen molar-refractivity contribution < 1.29 is 18.0 Å². The van der Waals surface area contributed by atoms with Crippen LogP contribution in [0.15, 0.2) is 41.2 Å². The van der Waals surface area contributed by atoms with Gasteiger partial charge < -0.3 is 5.32 Å². The van der Waals surface area contributed by atoms with Crippen LogP contribution in [0.3, 0.4) is 0 Å². The van der Waals surface area contributed by atoms with Crippen LogP contribution in [0.4, 0.5) is 23.7 Å². The normalized spacial score (nSPS) is 11.2. The predicted octanol–water partition coefficient (Wildman–Crippen LogP) is 3.26. The highest BCUT2D eigenvalue weighted by Gasteiger charge is 2.28. The van der Waals surface area contributed by atoms with Gasteiger partial charge in [-0.3, -0.25) is 9.59 Å². The van der Waals surface area contributed by atoms with Gasteiger partial charge in [0.25, 0.3) is 10.8 Å². The number of amides is 1. The molecule has 1 aromatic carbocycles. The second-order valence-electron chi connectivity index (χ2n) is 4.20. The Labute approximate surface area is 126 Å². The number of anilines is 1. The quantitative estimate of drug-likeness (QED) is 0.906. The number of rotatable bonds is 3. The number of nitrogens with zero attached hydrogens (tertiary/aromatic N) is 1. The molecule has 0 fully saturated rings. The Morgan fingerprint density at radius 2 is 1.86 bits per heavy atom. The number of aromatic amines is 1. The molecule has 9 heteroatoms. The molecule has 0 atom stereocenters. The molecule has 5 nitrogen and oxygen atoms in total. The number of thioether (sulfide) groups is 1. The Hall–Kier alpha value is -2.29. The topological polar surface area (TPSA) is 74.8 Å². The molecule has 2 aromatic rings. The number of nitrogens with one attached hydrogen (secondary N) is 2. The van der Waals surface area contributed by atoms with Crippen LogP contribution in [-0.4, -0.2) is 27.4 Å². The lowest BCUT2D eigenvalue weighted by molar-refractivity contribution is -0.105. The lowest BCUT2D eigenvalue weighted by atomic mass is 10.1. The number of carbonyl (C=O) groups is 1. The molecular formula is C13H10F3N3O2S. The molecule has 0 saturated carbocycles. The Morgan fingerprint density at radius 3 is 2.41 bits per heavy atom. The van der Waals surface area contributed by atoms with Crippen LogP contribution in [0, 0.1) is 0 Å². The largest absolute Gasteiger partial charge is 0.398 e. The molecule has 2 N–H and O–H groups in total. The molecule has 116 valence electrons. The average molecular weight is 329 g/mol. The van der Waals surface area contributed by atoms with Gasteiger partial charge in [0.15, 0.2) is 0 Å². The van der Waals surface area contributed by atoms with Crippen LogP contribution in [0.2, 0.25) is 0 Å². The van der Waals surface area contributed by atoms with E-state index in [1.54, 1.807) is 12.1 Å². The SMILES string of the molecule is O=C(Nc1ccc(-c2ccc(=O)[nH]n2)cc1)SCC(F)(F)F. The number of hydrogen-bond acceptors (Lipinski definition) is 4. The van der Waals surface area contributed by atoms with Gasteiger partial charge in [-0.2, -0.15) is 18.3 Å². The summed E-state index contributed by atoms with van der Waals surface area (Å²) in [6, 6.07) is 9.19. The number of hydrogen-bond donors (Lipinski definition) is 2. The van der Waals surface area contributed by atoms with E-state index in [4.69, 9.17) is 0 Å². The highest BCUT2D eigenvalue weighted by atomic mass is 32.2. The summed E-state index contributed by atoms with van der Waals surface area (Å²) in [5, 5.41) is 7.70. The van der Waals surface area contributed by atoms with E-state index in [0.29, 0.717) is 16.9 Å². The molecular weight excluding hydrogens is 319 g/mol. The first-order chi connectivity index (χ1) is 10.3. The van der Waals surface area contributed by atoms with E-state index in [9.17, 15) is 22.8 Å². The maximum absolute atomic E-state index is 12.0. The average Bonchev–Trinajstić information content (AvgIpc) is 2.46. The van der Waals surface area contributed by atoms with Crippen LogP contribution in [0.25, 0.3) is 11.3 Å². The van der Waals surface area contributed by atoms with Crippen molar-refractivity contribution in [3.8, 4) is 11.3 Å². The second-order valence-corrected chi connectivity index (χ2v) is 5.15. The van der Waals surface area contributed by atoms with Crippen LogP contribution in [0.1, 0.15) is 0 Å². The maximum atomic E-state index is 12.0. The number of halogens is 3. The van der Waals surface area contributed by atoms with Crippen LogP contribution in [-0.2, 0) is 0 Å². The van der Waals surface area contributed by atoms with E-state index in [1.165, 1.54) is 24.3 Å². The van der Waals surface area contributed by atoms with Gasteiger partial charge in [-0.05, 0) is 18.2 Å². The number of H-pyrrole nitrogens is 1. The summed E-state index contributed by atoms with van der Waals surface area (Å²) in [5.74, 6) is -1.24. The zero-order valence-corrected chi connectivity index (χ0v) is 11.8. The lowest BCUT2D eigenvalue weighted by Crippen LogP contribution is -2.15. The van der Waals surface area contributed by atoms with Crippen molar-refractivity contribution in [2.24, 2.45) is 0 Å². The van der Waals surface area contributed by atoms with Crippen molar-refractivity contribution in [1.82, 2.24) is 10.2 Å². The van der Waals surface area contributed by atoms with Crippen molar-refractivity contribution in [3.05, 3.63) is 46.8 Å². The van der Waals surface area contributed by atoms with E-state index in [1.807, 2.05) is 0 Å². The molecule has 0 saturated heterocycles. The molecule has 0 aliphatic heterocycles. The fourth-order valence-electron chi connectivity index (χ4n) is 1.53. The fraction of sp³-hybridized carbons (Fsp3) is 0.154. The Bertz CT molecular complexity index is 693. The minimum atomic E-state index is -4.39. The molecule has 0 unspecified atom stereocenters. The third-order valence-corrected chi connectivity index (χ3v) is 3.31. The number of alkyl halides is 3. The molecule has 1 amide bonds. The monoisotopic (exact) mass is 329 g/mol. The minimum Gasteiger partial charge on any atom is -0.317 e. The first-order valence-corrected chi connectivity index (χ1v) is 6.99. The summed E-state index contributed by atoms with van der Waals surface area (Å²) in [6.45, 7) is 0. The van der Waals surface area contributed by atoms with E-state index in [0.717, 1.165) is 0 Å². The first-order valence-electron chi connectivity index (χ1n) is 6.00. The van der Waals surface area contributed by atoms with Gasteiger partial charge in [0.2, 0.25) is 0 Å². The molecule has 0 radical (unpaired) electrons.